The molecule has 1 saturated carbocycles. The predicted octanol–water partition coefficient (Wildman–Crippen LogP) is 3.17. The average Bonchev–Trinajstić information content (AvgIpc) is 3.24. The van der Waals surface area contributed by atoms with Crippen molar-refractivity contribution in [2.45, 2.75) is 51.7 Å². The van der Waals surface area contributed by atoms with Crippen LogP contribution in [0, 0.1) is 5.92 Å². The van der Waals surface area contributed by atoms with Gasteiger partial charge < -0.3 is 5.32 Å². The van der Waals surface area contributed by atoms with E-state index < -0.39 is 0 Å². The molecule has 0 aromatic heterocycles. The number of hydrogen-bond acceptors (Lipinski definition) is 2. The first-order valence-electron chi connectivity index (χ1n) is 7.83. The molecule has 0 radical (unpaired) electrons. The molecule has 104 valence electrons. The third kappa shape index (κ3) is 4.05. The number of piperidine rings is 1. The quantitative estimate of drug-likeness (QED) is 0.872. The Hall–Kier alpha value is -0.860. The molecule has 2 heteroatoms. The molecular weight excluding hydrogens is 232 g/mol. The van der Waals surface area contributed by atoms with E-state index in [4.69, 9.17) is 0 Å². The summed E-state index contributed by atoms with van der Waals surface area (Å²) in [6.07, 6.45) is 5.46. The molecule has 1 saturated heterocycles. The highest BCUT2D eigenvalue weighted by Crippen LogP contribution is 2.20. The smallest absolute Gasteiger partial charge is 0.0233 e. The van der Waals surface area contributed by atoms with E-state index >= 15 is 0 Å². The van der Waals surface area contributed by atoms with Gasteiger partial charge in [0.05, 0.1) is 0 Å². The monoisotopic (exact) mass is 258 g/mol. The summed E-state index contributed by atoms with van der Waals surface area (Å²) in [7, 11) is 0. The van der Waals surface area contributed by atoms with Crippen LogP contribution in [0.2, 0.25) is 0 Å². The van der Waals surface area contributed by atoms with Crippen molar-refractivity contribution in [3.05, 3.63) is 35.4 Å². The number of rotatable bonds is 5. The van der Waals surface area contributed by atoms with Crippen LogP contribution in [-0.2, 0) is 13.1 Å². The highest BCUT2D eigenvalue weighted by atomic mass is 15.1. The van der Waals surface area contributed by atoms with Gasteiger partial charge in [0.15, 0.2) is 0 Å². The van der Waals surface area contributed by atoms with Gasteiger partial charge in [-0.3, -0.25) is 4.90 Å². The molecule has 1 aliphatic carbocycles. The van der Waals surface area contributed by atoms with Crippen LogP contribution < -0.4 is 5.32 Å². The first-order chi connectivity index (χ1) is 9.29. The molecule has 0 amide bonds. The molecule has 1 N–H and O–H groups in total. The second-order valence-electron chi connectivity index (χ2n) is 6.43. The number of hydrogen-bond donors (Lipinski definition) is 1. The van der Waals surface area contributed by atoms with Gasteiger partial charge in [0, 0.05) is 19.1 Å². The van der Waals surface area contributed by atoms with Gasteiger partial charge in [-0.15, -0.1) is 0 Å². The zero-order valence-electron chi connectivity index (χ0n) is 12.1. The number of nitrogens with zero attached hydrogens (tertiary/aromatic N) is 1. The van der Waals surface area contributed by atoms with Crippen molar-refractivity contribution < 1.29 is 0 Å². The SMILES string of the molecule is CC1CCN(Cc2cccc(CNC3CC3)c2)CC1. The van der Waals surface area contributed by atoms with Gasteiger partial charge in [-0.05, 0) is 55.8 Å². The van der Waals surface area contributed by atoms with E-state index in [0.717, 1.165) is 25.0 Å². The fourth-order valence-corrected chi connectivity index (χ4v) is 2.87. The molecule has 1 aromatic carbocycles. The lowest BCUT2D eigenvalue weighted by Crippen LogP contribution is -2.32. The minimum absolute atomic E-state index is 0.798. The van der Waals surface area contributed by atoms with E-state index in [1.807, 2.05) is 0 Å². The molecule has 0 bridgehead atoms. The van der Waals surface area contributed by atoms with Crippen LogP contribution in [0.15, 0.2) is 24.3 Å². The van der Waals surface area contributed by atoms with Crippen LogP contribution in [0.5, 0.6) is 0 Å². The highest BCUT2D eigenvalue weighted by molar-refractivity contribution is 5.23. The van der Waals surface area contributed by atoms with Gasteiger partial charge in [-0.1, -0.05) is 31.2 Å². The lowest BCUT2D eigenvalue weighted by atomic mass is 9.98. The Morgan fingerprint density at radius 3 is 2.58 bits per heavy atom. The van der Waals surface area contributed by atoms with Crippen molar-refractivity contribution in [2.75, 3.05) is 13.1 Å². The molecule has 1 aromatic rings. The molecule has 0 atom stereocenters. The van der Waals surface area contributed by atoms with Gasteiger partial charge in [0.1, 0.15) is 0 Å². The van der Waals surface area contributed by atoms with Crippen LogP contribution >= 0.6 is 0 Å². The summed E-state index contributed by atoms with van der Waals surface area (Å²) >= 11 is 0. The van der Waals surface area contributed by atoms with Crippen LogP contribution in [0.1, 0.15) is 43.7 Å². The molecule has 0 unspecified atom stereocenters. The highest BCUT2D eigenvalue weighted by Gasteiger charge is 2.20. The second-order valence-corrected chi connectivity index (χ2v) is 6.43. The van der Waals surface area contributed by atoms with E-state index in [0.29, 0.717) is 0 Å². The summed E-state index contributed by atoms with van der Waals surface area (Å²) in [5, 5.41) is 3.60. The first kappa shape index (κ1) is 13.1. The maximum Gasteiger partial charge on any atom is 0.0233 e. The molecule has 1 aliphatic heterocycles. The van der Waals surface area contributed by atoms with Gasteiger partial charge in [-0.2, -0.15) is 0 Å². The summed E-state index contributed by atoms with van der Waals surface area (Å²) in [5.74, 6) is 0.922. The van der Waals surface area contributed by atoms with Crippen molar-refractivity contribution in [3.8, 4) is 0 Å². The minimum atomic E-state index is 0.798. The van der Waals surface area contributed by atoms with Crippen molar-refractivity contribution >= 4 is 0 Å². The van der Waals surface area contributed by atoms with Crippen molar-refractivity contribution in [1.29, 1.82) is 0 Å². The third-order valence-electron chi connectivity index (χ3n) is 4.45. The van der Waals surface area contributed by atoms with Gasteiger partial charge in [0.2, 0.25) is 0 Å². The number of likely N-dealkylation sites (tertiary alicyclic amines) is 1. The predicted molar refractivity (Wildman–Crippen MR) is 80.0 cm³/mol. The topological polar surface area (TPSA) is 15.3 Å². The van der Waals surface area contributed by atoms with E-state index in [-0.39, 0.29) is 0 Å². The Kier molecular flexibility index (Phi) is 4.19. The lowest BCUT2D eigenvalue weighted by Gasteiger charge is -2.30. The molecular formula is C17H26N2. The first-order valence-corrected chi connectivity index (χ1v) is 7.83. The van der Waals surface area contributed by atoms with E-state index in [2.05, 4.69) is 41.4 Å². The fourth-order valence-electron chi connectivity index (χ4n) is 2.87. The molecule has 1 heterocycles. The Labute approximate surface area is 117 Å². The maximum absolute atomic E-state index is 3.60. The van der Waals surface area contributed by atoms with Gasteiger partial charge >= 0.3 is 0 Å². The second kappa shape index (κ2) is 6.06. The number of nitrogens with one attached hydrogen (secondary N) is 1. The largest absolute Gasteiger partial charge is 0.310 e. The summed E-state index contributed by atoms with van der Waals surface area (Å²) in [6.45, 7) is 7.08. The van der Waals surface area contributed by atoms with Crippen LogP contribution in [0.3, 0.4) is 0 Å². The third-order valence-corrected chi connectivity index (χ3v) is 4.45. The summed E-state index contributed by atoms with van der Waals surface area (Å²) in [5.41, 5.74) is 2.92. The lowest BCUT2D eigenvalue weighted by molar-refractivity contribution is 0.185. The Balaban J connectivity index is 1.53. The molecule has 2 nitrogen and oxygen atoms in total. The zero-order valence-corrected chi connectivity index (χ0v) is 12.1. The van der Waals surface area contributed by atoms with Crippen LogP contribution in [0.4, 0.5) is 0 Å². The van der Waals surface area contributed by atoms with Crippen molar-refractivity contribution in [1.82, 2.24) is 10.2 Å². The Bertz CT molecular complexity index is 403. The fraction of sp³-hybridized carbons (Fsp3) is 0.647. The van der Waals surface area contributed by atoms with Crippen molar-refractivity contribution in [2.24, 2.45) is 5.92 Å². The number of benzene rings is 1. The maximum atomic E-state index is 3.60. The molecule has 3 rings (SSSR count). The van der Waals surface area contributed by atoms with Gasteiger partial charge in [0.25, 0.3) is 0 Å². The molecule has 0 spiro atoms. The average molecular weight is 258 g/mol. The van der Waals surface area contributed by atoms with Gasteiger partial charge in [-0.25, -0.2) is 0 Å². The zero-order chi connectivity index (χ0) is 13.1. The Morgan fingerprint density at radius 1 is 1.11 bits per heavy atom. The van der Waals surface area contributed by atoms with E-state index in [1.165, 1.54) is 49.9 Å². The normalized spacial score (nSPS) is 21.7. The molecule has 2 aliphatic rings. The van der Waals surface area contributed by atoms with E-state index in [1.54, 1.807) is 0 Å². The summed E-state index contributed by atoms with van der Waals surface area (Å²) in [4.78, 5) is 2.60. The van der Waals surface area contributed by atoms with Crippen LogP contribution in [-0.4, -0.2) is 24.0 Å². The standard InChI is InChI=1S/C17H26N2/c1-14-7-9-19(10-8-14)13-16-4-2-3-15(11-16)12-18-17-5-6-17/h2-4,11,14,17-18H,5-10,12-13H2,1H3. The van der Waals surface area contributed by atoms with Crippen LogP contribution in [0.25, 0.3) is 0 Å². The Morgan fingerprint density at radius 2 is 1.84 bits per heavy atom. The van der Waals surface area contributed by atoms with E-state index in [9.17, 15) is 0 Å². The summed E-state index contributed by atoms with van der Waals surface area (Å²) in [6, 6.07) is 9.92. The minimum Gasteiger partial charge on any atom is -0.310 e. The summed E-state index contributed by atoms with van der Waals surface area (Å²) < 4.78 is 0. The van der Waals surface area contributed by atoms with Crippen molar-refractivity contribution in [3.63, 3.8) is 0 Å². The molecule has 19 heavy (non-hydrogen) atoms. The molecule has 2 fully saturated rings.